The van der Waals surface area contributed by atoms with E-state index < -0.39 is 5.91 Å². The van der Waals surface area contributed by atoms with E-state index in [1.165, 1.54) is 17.7 Å². The van der Waals surface area contributed by atoms with Gasteiger partial charge in [0.2, 0.25) is 0 Å². The molecule has 0 aliphatic carbocycles. The lowest BCUT2D eigenvalue weighted by atomic mass is 10.2. The summed E-state index contributed by atoms with van der Waals surface area (Å²) in [6.07, 6.45) is 2.21. The molecule has 0 unspecified atom stereocenters. The number of benzene rings is 1. The van der Waals surface area contributed by atoms with E-state index in [0.29, 0.717) is 16.0 Å². The van der Waals surface area contributed by atoms with Crippen molar-refractivity contribution in [2.24, 2.45) is 0 Å². The Bertz CT molecular complexity index is 1180. The van der Waals surface area contributed by atoms with Crippen LogP contribution in [-0.2, 0) is 11.2 Å². The van der Waals surface area contributed by atoms with E-state index in [0.717, 1.165) is 27.1 Å². The summed E-state index contributed by atoms with van der Waals surface area (Å²) in [4.78, 5) is 31.1. The smallest absolute Gasteiger partial charge is 0.281 e. The number of thiophene rings is 2. The summed E-state index contributed by atoms with van der Waals surface area (Å²) in [7, 11) is 0. The molecule has 0 saturated heterocycles. The lowest BCUT2D eigenvalue weighted by Crippen LogP contribution is -2.35. The molecule has 0 atom stereocenters. The van der Waals surface area contributed by atoms with Crippen LogP contribution in [0.15, 0.2) is 58.3 Å². The minimum Gasteiger partial charge on any atom is -0.484 e. The molecule has 1 amide bonds. The molecule has 0 aliphatic rings. The Labute approximate surface area is 169 Å². The third kappa shape index (κ3) is 3.69. The highest BCUT2D eigenvalue weighted by Crippen LogP contribution is 2.33. The molecule has 0 radical (unpaired) electrons. The first-order valence-electron chi connectivity index (χ1n) is 8.70. The van der Waals surface area contributed by atoms with E-state index in [-0.39, 0.29) is 12.2 Å². The van der Waals surface area contributed by atoms with Gasteiger partial charge >= 0.3 is 0 Å². The maximum Gasteiger partial charge on any atom is 0.281 e. The van der Waals surface area contributed by atoms with Crippen molar-refractivity contribution in [1.82, 2.24) is 9.66 Å². The van der Waals surface area contributed by atoms with E-state index >= 15 is 0 Å². The molecule has 1 N–H and O–H groups in total. The third-order valence-corrected chi connectivity index (χ3v) is 5.99. The van der Waals surface area contributed by atoms with Gasteiger partial charge < -0.3 is 4.74 Å². The fourth-order valence-corrected chi connectivity index (χ4v) is 4.52. The number of ether oxygens (including phenoxy) is 1. The lowest BCUT2D eigenvalue weighted by molar-refractivity contribution is -0.119. The molecule has 0 fully saturated rings. The highest BCUT2D eigenvalue weighted by atomic mass is 32.1. The Morgan fingerprint density at radius 1 is 1.25 bits per heavy atom. The summed E-state index contributed by atoms with van der Waals surface area (Å²) >= 11 is 2.97. The molecule has 0 bridgehead atoms. The summed E-state index contributed by atoms with van der Waals surface area (Å²) < 4.78 is 6.64. The molecule has 1 aromatic carbocycles. The standard InChI is InChI=1S/C20H17N3O3S2/c1-2-13-5-3-6-14(9-13)26-10-17(24)22-23-12-21-19-18(20(23)25)15(11-28-19)16-7-4-8-27-16/h3-9,11-12H,2,10H2,1H3,(H,22,24). The van der Waals surface area contributed by atoms with E-state index in [4.69, 9.17) is 4.74 Å². The Hall–Kier alpha value is -2.97. The molecule has 0 saturated carbocycles. The molecule has 4 rings (SSSR count). The lowest BCUT2D eigenvalue weighted by Gasteiger charge is -2.10. The Kier molecular flexibility index (Phi) is 5.23. The van der Waals surface area contributed by atoms with Crippen LogP contribution in [0.25, 0.3) is 20.7 Å². The van der Waals surface area contributed by atoms with Crippen LogP contribution in [0.3, 0.4) is 0 Å². The molecule has 4 aromatic rings. The topological polar surface area (TPSA) is 73.2 Å². The number of rotatable bonds is 6. The van der Waals surface area contributed by atoms with Crippen molar-refractivity contribution in [3.05, 3.63) is 69.4 Å². The zero-order valence-corrected chi connectivity index (χ0v) is 16.7. The van der Waals surface area contributed by atoms with E-state index in [2.05, 4.69) is 17.3 Å². The van der Waals surface area contributed by atoms with Gasteiger partial charge in [0.05, 0.1) is 5.39 Å². The number of hydrogen-bond donors (Lipinski definition) is 1. The Balaban J connectivity index is 1.53. The molecule has 28 heavy (non-hydrogen) atoms. The first kappa shape index (κ1) is 18.4. The Morgan fingerprint density at radius 2 is 2.14 bits per heavy atom. The Morgan fingerprint density at radius 3 is 2.93 bits per heavy atom. The predicted octanol–water partition coefficient (Wildman–Crippen LogP) is 3.90. The van der Waals surface area contributed by atoms with Gasteiger partial charge in [0.15, 0.2) is 6.61 Å². The SMILES string of the molecule is CCc1cccc(OCC(=O)Nn2cnc3scc(-c4cccs4)c3c2=O)c1. The van der Waals surface area contributed by atoms with Crippen molar-refractivity contribution in [2.75, 3.05) is 12.0 Å². The molecule has 3 aromatic heterocycles. The monoisotopic (exact) mass is 411 g/mol. The number of nitrogens with one attached hydrogen (secondary N) is 1. The van der Waals surface area contributed by atoms with Crippen molar-refractivity contribution < 1.29 is 9.53 Å². The number of fused-ring (bicyclic) bond motifs is 1. The second-order valence-electron chi connectivity index (χ2n) is 6.05. The van der Waals surface area contributed by atoms with Crippen molar-refractivity contribution in [3.63, 3.8) is 0 Å². The first-order valence-corrected chi connectivity index (χ1v) is 10.5. The summed E-state index contributed by atoms with van der Waals surface area (Å²) in [5.41, 5.74) is 4.20. The fourth-order valence-electron chi connectivity index (χ4n) is 2.80. The maximum atomic E-state index is 12.9. The third-order valence-electron chi connectivity index (χ3n) is 4.20. The van der Waals surface area contributed by atoms with Gasteiger partial charge in [-0.25, -0.2) is 9.66 Å². The molecular weight excluding hydrogens is 394 g/mol. The van der Waals surface area contributed by atoms with Gasteiger partial charge in [0.25, 0.3) is 11.5 Å². The number of aryl methyl sites for hydroxylation is 1. The van der Waals surface area contributed by atoms with Crippen molar-refractivity contribution in [3.8, 4) is 16.2 Å². The van der Waals surface area contributed by atoms with Crippen molar-refractivity contribution in [1.29, 1.82) is 0 Å². The van der Waals surface area contributed by atoms with E-state index in [1.54, 1.807) is 17.4 Å². The van der Waals surface area contributed by atoms with Gasteiger partial charge in [-0.05, 0) is 35.6 Å². The zero-order chi connectivity index (χ0) is 19.5. The molecule has 0 aliphatic heterocycles. The van der Waals surface area contributed by atoms with Crippen LogP contribution in [0.2, 0.25) is 0 Å². The predicted molar refractivity (Wildman–Crippen MR) is 113 cm³/mol. The average Bonchev–Trinajstić information content (AvgIpc) is 3.38. The van der Waals surface area contributed by atoms with Crippen LogP contribution in [0.4, 0.5) is 0 Å². The molecule has 0 spiro atoms. The average molecular weight is 412 g/mol. The minimum atomic E-state index is -0.432. The van der Waals surface area contributed by atoms with Gasteiger partial charge in [-0.1, -0.05) is 25.1 Å². The number of amides is 1. The largest absolute Gasteiger partial charge is 0.484 e. The van der Waals surface area contributed by atoms with Crippen molar-refractivity contribution >= 4 is 38.8 Å². The normalized spacial score (nSPS) is 10.9. The first-order chi connectivity index (χ1) is 13.7. The molecular formula is C20H17N3O3S2. The summed E-state index contributed by atoms with van der Waals surface area (Å²) in [6, 6.07) is 11.5. The second kappa shape index (κ2) is 7.95. The van der Waals surface area contributed by atoms with Crippen LogP contribution in [0, 0.1) is 0 Å². The van der Waals surface area contributed by atoms with Gasteiger partial charge in [0, 0.05) is 15.8 Å². The van der Waals surface area contributed by atoms with Gasteiger partial charge in [-0.2, -0.15) is 0 Å². The number of carbonyl (C=O) groups excluding carboxylic acids is 1. The quantitative estimate of drug-likeness (QED) is 0.522. The number of aromatic nitrogens is 2. The number of carbonyl (C=O) groups is 1. The van der Waals surface area contributed by atoms with Crippen LogP contribution in [0.1, 0.15) is 12.5 Å². The maximum absolute atomic E-state index is 12.9. The summed E-state index contributed by atoms with van der Waals surface area (Å²) in [5, 5.41) is 4.38. The van der Waals surface area contributed by atoms with Crippen LogP contribution >= 0.6 is 22.7 Å². The highest BCUT2D eigenvalue weighted by molar-refractivity contribution is 7.18. The highest BCUT2D eigenvalue weighted by Gasteiger charge is 2.15. The van der Waals surface area contributed by atoms with Crippen molar-refractivity contribution in [2.45, 2.75) is 13.3 Å². The summed E-state index contributed by atoms with van der Waals surface area (Å²) in [6.45, 7) is 1.86. The van der Waals surface area contributed by atoms with E-state index in [9.17, 15) is 9.59 Å². The van der Waals surface area contributed by atoms with Crippen LogP contribution in [-0.4, -0.2) is 22.2 Å². The van der Waals surface area contributed by atoms with E-state index in [1.807, 2.05) is 41.1 Å². The van der Waals surface area contributed by atoms with Gasteiger partial charge in [-0.15, -0.1) is 22.7 Å². The second-order valence-corrected chi connectivity index (χ2v) is 7.86. The molecule has 8 heteroatoms. The van der Waals surface area contributed by atoms with Gasteiger partial charge in [0.1, 0.15) is 16.9 Å². The molecule has 6 nitrogen and oxygen atoms in total. The minimum absolute atomic E-state index is 0.195. The molecule has 3 heterocycles. The van der Waals surface area contributed by atoms with Crippen LogP contribution < -0.4 is 15.7 Å². The molecule has 142 valence electrons. The van der Waals surface area contributed by atoms with Gasteiger partial charge in [-0.3, -0.25) is 15.0 Å². The fraction of sp³-hybridized carbons (Fsp3) is 0.150. The number of hydrogen-bond acceptors (Lipinski definition) is 6. The van der Waals surface area contributed by atoms with Crippen LogP contribution in [0.5, 0.6) is 5.75 Å². The number of nitrogens with zero attached hydrogens (tertiary/aromatic N) is 2. The zero-order valence-electron chi connectivity index (χ0n) is 15.0. The summed E-state index contributed by atoms with van der Waals surface area (Å²) in [5.74, 6) is 0.186.